The van der Waals surface area contributed by atoms with Crippen LogP contribution in [0.3, 0.4) is 0 Å². The molecule has 0 unspecified atom stereocenters. The Morgan fingerprint density at radius 3 is 2.75 bits per heavy atom. The summed E-state index contributed by atoms with van der Waals surface area (Å²) in [4.78, 5) is 32.5. The Balaban J connectivity index is 1.66. The number of H-pyrrole nitrogens is 2. The van der Waals surface area contributed by atoms with Gasteiger partial charge in [-0.05, 0) is 32.0 Å². The van der Waals surface area contributed by atoms with Crippen molar-refractivity contribution in [2.45, 2.75) is 26.9 Å². The summed E-state index contributed by atoms with van der Waals surface area (Å²) in [7, 11) is 0. The zero-order chi connectivity index (χ0) is 22.1. The van der Waals surface area contributed by atoms with Crippen LogP contribution in [0.15, 0.2) is 47.7 Å². The molecular weight excluding hydrogens is 408 g/mol. The molecular formula is C22H22N8O2. The Bertz CT molecular complexity index is 1450. The highest BCUT2D eigenvalue weighted by molar-refractivity contribution is 5.96. The van der Waals surface area contributed by atoms with Crippen LogP contribution in [0.25, 0.3) is 33.5 Å². The van der Waals surface area contributed by atoms with E-state index >= 15 is 0 Å². The maximum absolute atomic E-state index is 13.2. The SMILES string of the molecule is CCOc1ccc2nc(-c3c(NCc4ncccn4)c4nn(CC)cc4[nH]c3=O)[nH]c2c1. The van der Waals surface area contributed by atoms with Crippen molar-refractivity contribution < 1.29 is 4.74 Å². The molecule has 32 heavy (non-hydrogen) atoms. The summed E-state index contributed by atoms with van der Waals surface area (Å²) in [6.07, 6.45) is 5.18. The number of anilines is 1. The number of pyridine rings is 1. The van der Waals surface area contributed by atoms with Gasteiger partial charge in [-0.15, -0.1) is 0 Å². The fraction of sp³-hybridized carbons (Fsp3) is 0.227. The van der Waals surface area contributed by atoms with Crippen LogP contribution < -0.4 is 15.6 Å². The van der Waals surface area contributed by atoms with Crippen LogP contribution >= 0.6 is 0 Å². The Morgan fingerprint density at radius 1 is 1.12 bits per heavy atom. The van der Waals surface area contributed by atoms with Crippen molar-refractivity contribution in [2.24, 2.45) is 0 Å². The van der Waals surface area contributed by atoms with E-state index < -0.39 is 0 Å². The first-order valence-corrected chi connectivity index (χ1v) is 10.4. The lowest BCUT2D eigenvalue weighted by atomic mass is 10.2. The van der Waals surface area contributed by atoms with Gasteiger partial charge in [0, 0.05) is 31.2 Å². The number of aromatic nitrogens is 7. The number of benzene rings is 1. The molecule has 0 aliphatic rings. The van der Waals surface area contributed by atoms with Gasteiger partial charge in [0.2, 0.25) is 0 Å². The van der Waals surface area contributed by atoms with Gasteiger partial charge in [-0.25, -0.2) is 15.0 Å². The predicted octanol–water partition coefficient (Wildman–Crippen LogP) is 3.09. The second kappa shape index (κ2) is 8.14. The van der Waals surface area contributed by atoms with E-state index in [-0.39, 0.29) is 5.56 Å². The maximum Gasteiger partial charge on any atom is 0.261 e. The average molecular weight is 430 g/mol. The number of imidazole rings is 1. The third-order valence-corrected chi connectivity index (χ3v) is 5.09. The van der Waals surface area contributed by atoms with Crippen molar-refractivity contribution in [2.75, 3.05) is 11.9 Å². The van der Waals surface area contributed by atoms with Gasteiger partial charge in [0.1, 0.15) is 28.5 Å². The standard InChI is InChI=1S/C22H22N8O2/c1-3-30-12-16-19(29-30)20(25-11-17-23-8-5-9-24-17)18(22(31)28-16)21-26-14-7-6-13(32-4-2)10-15(14)27-21/h5-10,12,25H,3-4,11H2,1-2H3,(H,26,27)(H,28,31). The lowest BCUT2D eigenvalue weighted by Gasteiger charge is -2.10. The number of aryl methyl sites for hydroxylation is 1. The van der Waals surface area contributed by atoms with Gasteiger partial charge in [-0.3, -0.25) is 9.48 Å². The molecule has 5 aromatic rings. The summed E-state index contributed by atoms with van der Waals surface area (Å²) in [5.74, 6) is 1.79. The van der Waals surface area contributed by atoms with Crippen molar-refractivity contribution in [3.63, 3.8) is 0 Å². The van der Waals surface area contributed by atoms with E-state index in [4.69, 9.17) is 4.74 Å². The van der Waals surface area contributed by atoms with Gasteiger partial charge in [0.05, 0.1) is 35.4 Å². The second-order valence-corrected chi connectivity index (χ2v) is 7.17. The molecule has 5 rings (SSSR count). The van der Waals surface area contributed by atoms with Crippen molar-refractivity contribution >= 4 is 27.8 Å². The molecule has 0 fully saturated rings. The topological polar surface area (TPSA) is 126 Å². The van der Waals surface area contributed by atoms with E-state index in [1.807, 2.05) is 38.2 Å². The first-order chi connectivity index (χ1) is 15.7. The average Bonchev–Trinajstić information content (AvgIpc) is 3.41. The lowest BCUT2D eigenvalue weighted by molar-refractivity contribution is 0.340. The number of fused-ring (bicyclic) bond motifs is 2. The molecule has 0 aliphatic heterocycles. The van der Waals surface area contributed by atoms with Crippen molar-refractivity contribution in [3.8, 4) is 17.1 Å². The number of nitrogens with zero attached hydrogens (tertiary/aromatic N) is 5. The molecule has 0 saturated heterocycles. The molecule has 162 valence electrons. The van der Waals surface area contributed by atoms with Crippen LogP contribution in [-0.4, -0.2) is 41.3 Å². The van der Waals surface area contributed by atoms with E-state index in [9.17, 15) is 4.79 Å². The number of aromatic amines is 2. The lowest BCUT2D eigenvalue weighted by Crippen LogP contribution is -2.15. The zero-order valence-corrected chi connectivity index (χ0v) is 17.7. The highest BCUT2D eigenvalue weighted by Gasteiger charge is 2.20. The monoisotopic (exact) mass is 430 g/mol. The van der Waals surface area contributed by atoms with Crippen LogP contribution in [0.1, 0.15) is 19.7 Å². The van der Waals surface area contributed by atoms with Gasteiger partial charge in [0.15, 0.2) is 0 Å². The molecule has 0 bridgehead atoms. The van der Waals surface area contributed by atoms with Crippen LogP contribution in [0, 0.1) is 0 Å². The number of hydrogen-bond acceptors (Lipinski definition) is 7. The first-order valence-electron chi connectivity index (χ1n) is 10.4. The number of rotatable bonds is 7. The van der Waals surface area contributed by atoms with Crippen LogP contribution in [0.5, 0.6) is 5.75 Å². The first kappa shape index (κ1) is 19.7. The van der Waals surface area contributed by atoms with Crippen LogP contribution in [0.2, 0.25) is 0 Å². The van der Waals surface area contributed by atoms with E-state index in [1.165, 1.54) is 0 Å². The normalized spacial score (nSPS) is 11.3. The van der Waals surface area contributed by atoms with E-state index in [0.29, 0.717) is 53.6 Å². The third-order valence-electron chi connectivity index (χ3n) is 5.09. The Hall–Kier alpha value is -4.21. The summed E-state index contributed by atoms with van der Waals surface area (Å²) in [6, 6.07) is 7.36. The summed E-state index contributed by atoms with van der Waals surface area (Å²) in [5.41, 5.74) is 3.49. The van der Waals surface area contributed by atoms with Crippen molar-refractivity contribution in [1.29, 1.82) is 0 Å². The Labute approximate surface area is 182 Å². The van der Waals surface area contributed by atoms with Gasteiger partial charge in [-0.2, -0.15) is 5.10 Å². The van der Waals surface area contributed by atoms with Gasteiger partial charge in [0.25, 0.3) is 5.56 Å². The third kappa shape index (κ3) is 3.55. The van der Waals surface area contributed by atoms with Crippen LogP contribution in [-0.2, 0) is 13.1 Å². The summed E-state index contributed by atoms with van der Waals surface area (Å²) in [5, 5.41) is 7.96. The highest BCUT2D eigenvalue weighted by Crippen LogP contribution is 2.31. The molecule has 0 radical (unpaired) electrons. The van der Waals surface area contributed by atoms with Gasteiger partial charge in [-0.1, -0.05) is 0 Å². The minimum absolute atomic E-state index is 0.270. The number of ether oxygens (including phenoxy) is 1. The molecule has 4 aromatic heterocycles. The zero-order valence-electron chi connectivity index (χ0n) is 17.7. The number of nitrogens with one attached hydrogen (secondary N) is 3. The minimum atomic E-state index is -0.270. The molecule has 1 aromatic carbocycles. The summed E-state index contributed by atoms with van der Waals surface area (Å²) < 4.78 is 7.36. The molecule has 0 amide bonds. The van der Waals surface area contributed by atoms with Crippen molar-refractivity contribution in [1.82, 2.24) is 34.7 Å². The minimum Gasteiger partial charge on any atom is -0.494 e. The molecule has 0 atom stereocenters. The van der Waals surface area contributed by atoms with E-state index in [0.717, 1.165) is 16.8 Å². The van der Waals surface area contributed by atoms with Gasteiger partial charge < -0.3 is 20.0 Å². The summed E-state index contributed by atoms with van der Waals surface area (Å²) in [6.45, 7) is 5.50. The largest absolute Gasteiger partial charge is 0.494 e. The second-order valence-electron chi connectivity index (χ2n) is 7.17. The molecule has 0 spiro atoms. The van der Waals surface area contributed by atoms with Crippen molar-refractivity contribution in [3.05, 3.63) is 59.0 Å². The molecule has 4 heterocycles. The van der Waals surface area contributed by atoms with E-state index in [2.05, 4.69) is 35.3 Å². The van der Waals surface area contributed by atoms with Crippen LogP contribution in [0.4, 0.5) is 5.69 Å². The quantitative estimate of drug-likeness (QED) is 0.362. The van der Waals surface area contributed by atoms with E-state index in [1.54, 1.807) is 23.1 Å². The fourth-order valence-electron chi connectivity index (χ4n) is 3.63. The molecule has 10 nitrogen and oxygen atoms in total. The highest BCUT2D eigenvalue weighted by atomic mass is 16.5. The predicted molar refractivity (Wildman–Crippen MR) is 122 cm³/mol. The van der Waals surface area contributed by atoms with Gasteiger partial charge >= 0.3 is 0 Å². The fourth-order valence-corrected chi connectivity index (χ4v) is 3.63. The number of hydrogen-bond donors (Lipinski definition) is 3. The molecule has 10 heteroatoms. The molecule has 0 saturated carbocycles. The smallest absolute Gasteiger partial charge is 0.261 e. The molecule has 3 N–H and O–H groups in total. The molecule has 0 aliphatic carbocycles. The Morgan fingerprint density at radius 2 is 1.97 bits per heavy atom. The maximum atomic E-state index is 13.2. The summed E-state index contributed by atoms with van der Waals surface area (Å²) >= 11 is 0. The Kier molecular flexibility index (Phi) is 5.02.